The van der Waals surface area contributed by atoms with Crippen LogP contribution in [0, 0.1) is 32.8 Å². The van der Waals surface area contributed by atoms with E-state index in [1.54, 1.807) is 24.3 Å². The van der Waals surface area contributed by atoms with Gasteiger partial charge in [0.15, 0.2) is 0 Å². The third kappa shape index (κ3) is 6.49. The van der Waals surface area contributed by atoms with Gasteiger partial charge in [-0.2, -0.15) is 23.7 Å². The first-order valence-electron chi connectivity index (χ1n) is 8.83. The quantitative estimate of drug-likeness (QED) is 0.350. The molecule has 0 aromatic heterocycles. The minimum absolute atomic E-state index is 0.127. The zero-order valence-electron chi connectivity index (χ0n) is 15.9. The number of benzene rings is 2. The first kappa shape index (κ1) is 23.8. The van der Waals surface area contributed by atoms with Gasteiger partial charge >= 0.3 is 6.18 Å². The van der Waals surface area contributed by atoms with Crippen molar-refractivity contribution in [2.24, 2.45) is 0 Å². The van der Waals surface area contributed by atoms with Gasteiger partial charge in [0.1, 0.15) is 0 Å². The highest BCUT2D eigenvalue weighted by Crippen LogP contribution is 2.41. The molecule has 0 spiro atoms. The van der Waals surface area contributed by atoms with Gasteiger partial charge < -0.3 is 10.3 Å². The SMILES string of the molecule is N#CCCN(CCC#N)c1ccc(NNc2c(Br)cc([N+](=O)[O-])cc2C(F)(F)F)cc1. The highest BCUT2D eigenvalue weighted by molar-refractivity contribution is 9.10. The summed E-state index contributed by atoms with van der Waals surface area (Å²) in [5.41, 5.74) is 3.99. The number of nitro benzene ring substituents is 1. The Balaban J connectivity index is 2.21. The van der Waals surface area contributed by atoms with Gasteiger partial charge in [0.25, 0.3) is 5.69 Å². The number of alkyl halides is 3. The lowest BCUT2D eigenvalue weighted by molar-refractivity contribution is -0.385. The molecular formula is C19H16BrF3N6O2. The summed E-state index contributed by atoms with van der Waals surface area (Å²) in [7, 11) is 0. The highest BCUT2D eigenvalue weighted by Gasteiger charge is 2.36. The Bertz CT molecular complexity index is 998. The van der Waals surface area contributed by atoms with E-state index in [9.17, 15) is 23.3 Å². The van der Waals surface area contributed by atoms with Crippen molar-refractivity contribution in [1.82, 2.24) is 0 Å². The molecule has 31 heavy (non-hydrogen) atoms. The monoisotopic (exact) mass is 496 g/mol. The Labute approximate surface area is 184 Å². The van der Waals surface area contributed by atoms with E-state index in [1.165, 1.54) is 0 Å². The van der Waals surface area contributed by atoms with Crippen molar-refractivity contribution in [2.75, 3.05) is 28.8 Å². The van der Waals surface area contributed by atoms with Crippen LogP contribution in [-0.2, 0) is 6.18 Å². The summed E-state index contributed by atoms with van der Waals surface area (Å²) in [6, 6.07) is 12.1. The fraction of sp³-hybridized carbons (Fsp3) is 0.263. The van der Waals surface area contributed by atoms with Crippen molar-refractivity contribution in [2.45, 2.75) is 19.0 Å². The summed E-state index contributed by atoms with van der Waals surface area (Å²) in [5.74, 6) is 0. The average molecular weight is 497 g/mol. The summed E-state index contributed by atoms with van der Waals surface area (Å²) >= 11 is 2.94. The summed E-state index contributed by atoms with van der Waals surface area (Å²) in [5, 5.41) is 28.4. The van der Waals surface area contributed by atoms with Crippen molar-refractivity contribution in [3.63, 3.8) is 0 Å². The van der Waals surface area contributed by atoms with Crippen LogP contribution in [0.2, 0.25) is 0 Å². The standard InChI is InChI=1S/C19H16BrF3N6O2/c20-17-12-15(29(30)31)11-16(19(21,22)23)18(17)27-26-13-3-5-14(6-4-13)28(9-1-7-24)10-2-8-25/h3-6,11-12,26-27H,1-2,9-10H2. The molecule has 0 saturated heterocycles. The first-order valence-corrected chi connectivity index (χ1v) is 9.62. The highest BCUT2D eigenvalue weighted by atomic mass is 79.9. The lowest BCUT2D eigenvalue weighted by atomic mass is 10.1. The van der Waals surface area contributed by atoms with Gasteiger partial charge in [-0.05, 0) is 40.2 Å². The van der Waals surface area contributed by atoms with Crippen LogP contribution in [-0.4, -0.2) is 18.0 Å². The second kappa shape index (κ2) is 10.5. The second-order valence-electron chi connectivity index (χ2n) is 6.21. The second-order valence-corrected chi connectivity index (χ2v) is 7.06. The predicted molar refractivity (Wildman–Crippen MR) is 112 cm³/mol. The number of rotatable bonds is 9. The topological polar surface area (TPSA) is 118 Å². The lowest BCUT2D eigenvalue weighted by Crippen LogP contribution is -2.25. The van der Waals surface area contributed by atoms with E-state index in [-0.39, 0.29) is 17.3 Å². The Morgan fingerprint density at radius 3 is 2.13 bits per heavy atom. The molecule has 0 radical (unpaired) electrons. The van der Waals surface area contributed by atoms with Crippen LogP contribution in [0.1, 0.15) is 18.4 Å². The van der Waals surface area contributed by atoms with E-state index in [4.69, 9.17) is 10.5 Å². The number of hydrazine groups is 1. The maximum Gasteiger partial charge on any atom is 0.418 e. The van der Waals surface area contributed by atoms with Gasteiger partial charge in [-0.1, -0.05) is 0 Å². The molecule has 0 aliphatic rings. The zero-order valence-corrected chi connectivity index (χ0v) is 17.5. The summed E-state index contributed by atoms with van der Waals surface area (Å²) in [6.07, 6.45) is -4.26. The molecule has 0 unspecified atom stereocenters. The van der Waals surface area contributed by atoms with E-state index < -0.39 is 28.0 Å². The number of anilines is 3. The van der Waals surface area contributed by atoms with Gasteiger partial charge in [0, 0.05) is 35.4 Å². The molecule has 0 aliphatic heterocycles. The molecular weight excluding hydrogens is 481 g/mol. The fourth-order valence-electron chi connectivity index (χ4n) is 2.68. The van der Waals surface area contributed by atoms with Gasteiger partial charge in [0.2, 0.25) is 0 Å². The minimum Gasteiger partial charge on any atom is -0.369 e. The van der Waals surface area contributed by atoms with E-state index in [2.05, 4.69) is 26.8 Å². The molecule has 0 fully saturated rings. The molecule has 2 aromatic rings. The molecule has 2 aromatic carbocycles. The van der Waals surface area contributed by atoms with Crippen molar-refractivity contribution in [3.8, 4) is 12.1 Å². The maximum atomic E-state index is 13.4. The molecule has 0 saturated carbocycles. The molecule has 2 rings (SSSR count). The first-order chi connectivity index (χ1) is 14.7. The predicted octanol–water partition coefficient (Wildman–Crippen LogP) is 5.45. The van der Waals surface area contributed by atoms with E-state index >= 15 is 0 Å². The number of nitro groups is 1. The Hall–Kier alpha value is -3.51. The Morgan fingerprint density at radius 1 is 1.06 bits per heavy atom. The molecule has 2 N–H and O–H groups in total. The summed E-state index contributed by atoms with van der Waals surface area (Å²) in [6.45, 7) is 0.877. The van der Waals surface area contributed by atoms with E-state index in [0.717, 1.165) is 11.8 Å². The molecule has 8 nitrogen and oxygen atoms in total. The van der Waals surface area contributed by atoms with Crippen LogP contribution in [0.25, 0.3) is 0 Å². The molecule has 0 heterocycles. The summed E-state index contributed by atoms with van der Waals surface area (Å²) in [4.78, 5) is 11.8. The van der Waals surface area contributed by atoms with Crippen LogP contribution in [0.3, 0.4) is 0 Å². The third-order valence-electron chi connectivity index (χ3n) is 4.14. The van der Waals surface area contributed by atoms with Gasteiger partial charge in [0.05, 0.1) is 46.8 Å². The number of hydrogen-bond acceptors (Lipinski definition) is 7. The number of nitrogens with zero attached hydrogens (tertiary/aromatic N) is 4. The van der Waals surface area contributed by atoms with Crippen LogP contribution in [0.4, 0.5) is 35.9 Å². The molecule has 0 bridgehead atoms. The number of nitriles is 2. The molecule has 0 atom stereocenters. The van der Waals surface area contributed by atoms with Crippen molar-refractivity contribution >= 4 is 38.7 Å². The molecule has 162 valence electrons. The van der Waals surface area contributed by atoms with Crippen molar-refractivity contribution in [3.05, 3.63) is 56.5 Å². The van der Waals surface area contributed by atoms with E-state index in [0.29, 0.717) is 24.8 Å². The van der Waals surface area contributed by atoms with Gasteiger partial charge in [-0.3, -0.25) is 15.5 Å². The van der Waals surface area contributed by atoms with Crippen molar-refractivity contribution in [1.29, 1.82) is 10.5 Å². The number of hydrogen-bond donors (Lipinski definition) is 2. The van der Waals surface area contributed by atoms with Crippen LogP contribution in [0.5, 0.6) is 0 Å². The minimum atomic E-state index is -4.82. The fourth-order valence-corrected chi connectivity index (χ4v) is 3.23. The van der Waals surface area contributed by atoms with Crippen LogP contribution < -0.4 is 15.8 Å². The lowest BCUT2D eigenvalue weighted by Gasteiger charge is -2.23. The smallest absolute Gasteiger partial charge is 0.369 e. The normalized spacial score (nSPS) is 10.6. The van der Waals surface area contributed by atoms with Crippen LogP contribution >= 0.6 is 15.9 Å². The average Bonchev–Trinajstić information content (AvgIpc) is 2.72. The zero-order chi connectivity index (χ0) is 23.0. The molecule has 0 aliphatic carbocycles. The molecule has 0 amide bonds. The van der Waals surface area contributed by atoms with Crippen LogP contribution in [0.15, 0.2) is 40.9 Å². The van der Waals surface area contributed by atoms with Gasteiger partial charge in [-0.15, -0.1) is 0 Å². The number of nitrogens with one attached hydrogen (secondary N) is 2. The van der Waals surface area contributed by atoms with Crippen molar-refractivity contribution < 1.29 is 18.1 Å². The number of non-ortho nitro benzene ring substituents is 1. The Kier molecular flexibility index (Phi) is 8.05. The largest absolute Gasteiger partial charge is 0.418 e. The summed E-state index contributed by atoms with van der Waals surface area (Å²) < 4.78 is 40.0. The van der Waals surface area contributed by atoms with Gasteiger partial charge in [-0.25, -0.2) is 0 Å². The maximum absolute atomic E-state index is 13.4. The molecule has 12 heteroatoms. The third-order valence-corrected chi connectivity index (χ3v) is 4.77. The Morgan fingerprint density at radius 2 is 1.65 bits per heavy atom. The number of halogens is 4. The van der Waals surface area contributed by atoms with E-state index in [1.807, 2.05) is 17.0 Å².